The lowest BCUT2D eigenvalue weighted by Gasteiger charge is -2.48. The molecule has 1 saturated heterocycles. The third kappa shape index (κ3) is 2.98. The number of nitrogens with zero attached hydrogens (tertiary/aromatic N) is 1. The first-order valence-corrected chi connectivity index (χ1v) is 9.29. The van der Waals surface area contributed by atoms with Crippen LogP contribution in [0.3, 0.4) is 0 Å². The second kappa shape index (κ2) is 5.57. The second-order valence-electron chi connectivity index (χ2n) is 7.14. The van der Waals surface area contributed by atoms with E-state index in [1.165, 1.54) is 50.9 Å². The SMILES string of the molecule is CCSC1CCC(N2CC(C)(C3CC3)NCC2C)C1. The van der Waals surface area contributed by atoms with Crippen LogP contribution in [-0.4, -0.2) is 46.6 Å². The van der Waals surface area contributed by atoms with Gasteiger partial charge in [-0.25, -0.2) is 0 Å². The summed E-state index contributed by atoms with van der Waals surface area (Å²) in [5, 5.41) is 4.78. The van der Waals surface area contributed by atoms with Crippen molar-refractivity contribution in [2.75, 3.05) is 18.8 Å². The van der Waals surface area contributed by atoms with Crippen molar-refractivity contribution in [1.82, 2.24) is 10.2 Å². The Morgan fingerprint density at radius 3 is 2.74 bits per heavy atom. The van der Waals surface area contributed by atoms with Gasteiger partial charge < -0.3 is 5.32 Å². The molecule has 0 bridgehead atoms. The van der Waals surface area contributed by atoms with Crippen LogP contribution >= 0.6 is 11.8 Å². The van der Waals surface area contributed by atoms with E-state index in [0.29, 0.717) is 5.54 Å². The largest absolute Gasteiger partial charge is 0.308 e. The first-order chi connectivity index (χ1) is 9.12. The van der Waals surface area contributed by atoms with E-state index in [9.17, 15) is 0 Å². The Labute approximate surface area is 123 Å². The van der Waals surface area contributed by atoms with Gasteiger partial charge in [-0.2, -0.15) is 11.8 Å². The Hall–Kier alpha value is 0.270. The molecular formula is C16H30N2S. The highest BCUT2D eigenvalue weighted by Crippen LogP contribution is 2.43. The van der Waals surface area contributed by atoms with Crippen LogP contribution in [0.5, 0.6) is 0 Å². The molecule has 0 aromatic carbocycles. The summed E-state index contributed by atoms with van der Waals surface area (Å²) < 4.78 is 0. The Balaban J connectivity index is 1.62. The Morgan fingerprint density at radius 2 is 2.05 bits per heavy atom. The van der Waals surface area contributed by atoms with Gasteiger partial charge >= 0.3 is 0 Å². The molecule has 0 aromatic rings. The normalized spacial score (nSPS) is 44.7. The Bertz CT molecular complexity index is 318. The fraction of sp³-hybridized carbons (Fsp3) is 1.00. The van der Waals surface area contributed by atoms with E-state index >= 15 is 0 Å². The molecule has 3 heteroatoms. The molecule has 0 amide bonds. The molecule has 110 valence electrons. The molecule has 2 saturated carbocycles. The number of piperazine rings is 1. The minimum atomic E-state index is 0.405. The monoisotopic (exact) mass is 282 g/mol. The van der Waals surface area contributed by atoms with Gasteiger partial charge in [0.05, 0.1) is 0 Å². The van der Waals surface area contributed by atoms with Crippen LogP contribution in [0.2, 0.25) is 0 Å². The van der Waals surface area contributed by atoms with Crippen molar-refractivity contribution in [1.29, 1.82) is 0 Å². The Morgan fingerprint density at radius 1 is 1.26 bits per heavy atom. The average Bonchev–Trinajstić information content (AvgIpc) is 3.15. The lowest BCUT2D eigenvalue weighted by molar-refractivity contribution is 0.0483. The van der Waals surface area contributed by atoms with Crippen LogP contribution in [0.4, 0.5) is 0 Å². The predicted molar refractivity (Wildman–Crippen MR) is 84.9 cm³/mol. The van der Waals surface area contributed by atoms with Gasteiger partial charge in [-0.05, 0) is 57.6 Å². The summed E-state index contributed by atoms with van der Waals surface area (Å²) in [7, 11) is 0. The standard InChI is InChI=1S/C16H30N2S/c1-4-19-15-8-7-14(9-15)18-11-16(3,13-5-6-13)17-10-12(18)2/h12-15,17H,4-11H2,1-3H3. The van der Waals surface area contributed by atoms with Gasteiger partial charge in [0.1, 0.15) is 0 Å². The van der Waals surface area contributed by atoms with Gasteiger partial charge in [0.25, 0.3) is 0 Å². The summed E-state index contributed by atoms with van der Waals surface area (Å²) >= 11 is 2.18. The summed E-state index contributed by atoms with van der Waals surface area (Å²) in [6, 6.07) is 1.58. The fourth-order valence-corrected chi connectivity index (χ4v) is 5.31. The van der Waals surface area contributed by atoms with E-state index in [0.717, 1.165) is 23.3 Å². The molecule has 2 aliphatic carbocycles. The highest BCUT2D eigenvalue weighted by molar-refractivity contribution is 7.99. The molecule has 3 aliphatic rings. The summed E-state index contributed by atoms with van der Waals surface area (Å²) in [6.07, 6.45) is 7.21. The third-order valence-electron chi connectivity index (χ3n) is 5.59. The highest BCUT2D eigenvalue weighted by atomic mass is 32.2. The number of hydrogen-bond donors (Lipinski definition) is 1. The van der Waals surface area contributed by atoms with Crippen LogP contribution < -0.4 is 5.32 Å². The molecule has 0 aromatic heterocycles. The van der Waals surface area contributed by atoms with E-state index in [4.69, 9.17) is 0 Å². The van der Waals surface area contributed by atoms with Crippen molar-refractivity contribution in [3.8, 4) is 0 Å². The quantitative estimate of drug-likeness (QED) is 0.853. The maximum atomic E-state index is 3.85. The topological polar surface area (TPSA) is 15.3 Å². The summed E-state index contributed by atoms with van der Waals surface area (Å²) in [5.74, 6) is 2.23. The van der Waals surface area contributed by atoms with Crippen molar-refractivity contribution in [2.45, 2.75) is 75.7 Å². The molecule has 3 fully saturated rings. The van der Waals surface area contributed by atoms with Gasteiger partial charge in [-0.15, -0.1) is 0 Å². The van der Waals surface area contributed by atoms with E-state index in [1.54, 1.807) is 0 Å². The van der Waals surface area contributed by atoms with Crippen LogP contribution in [-0.2, 0) is 0 Å². The number of nitrogens with one attached hydrogen (secondary N) is 1. The lowest BCUT2D eigenvalue weighted by Crippen LogP contribution is -2.65. The second-order valence-corrected chi connectivity index (χ2v) is 8.72. The van der Waals surface area contributed by atoms with E-state index in [2.05, 4.69) is 42.7 Å². The van der Waals surface area contributed by atoms with Crippen LogP contribution in [0.1, 0.15) is 52.9 Å². The van der Waals surface area contributed by atoms with Crippen LogP contribution in [0.15, 0.2) is 0 Å². The summed E-state index contributed by atoms with van der Waals surface area (Å²) in [4.78, 5) is 2.85. The molecule has 3 rings (SSSR count). The van der Waals surface area contributed by atoms with E-state index in [1.807, 2.05) is 0 Å². The average molecular weight is 282 g/mol. The zero-order valence-corrected chi connectivity index (χ0v) is 13.6. The fourth-order valence-electron chi connectivity index (χ4n) is 4.18. The molecule has 2 nitrogen and oxygen atoms in total. The van der Waals surface area contributed by atoms with Crippen molar-refractivity contribution >= 4 is 11.8 Å². The van der Waals surface area contributed by atoms with E-state index < -0.39 is 0 Å². The van der Waals surface area contributed by atoms with Gasteiger partial charge in [-0.1, -0.05) is 6.92 Å². The molecule has 1 N–H and O–H groups in total. The molecule has 4 atom stereocenters. The smallest absolute Gasteiger partial charge is 0.0309 e. The van der Waals surface area contributed by atoms with E-state index in [-0.39, 0.29) is 0 Å². The first kappa shape index (κ1) is 14.2. The van der Waals surface area contributed by atoms with Crippen molar-refractivity contribution in [2.24, 2.45) is 5.92 Å². The molecule has 4 unspecified atom stereocenters. The van der Waals surface area contributed by atoms with Crippen molar-refractivity contribution in [3.05, 3.63) is 0 Å². The van der Waals surface area contributed by atoms with Gasteiger partial charge in [0, 0.05) is 36.0 Å². The summed E-state index contributed by atoms with van der Waals surface area (Å²) in [5.41, 5.74) is 0.405. The zero-order valence-electron chi connectivity index (χ0n) is 12.8. The van der Waals surface area contributed by atoms with Crippen molar-refractivity contribution < 1.29 is 0 Å². The lowest BCUT2D eigenvalue weighted by atomic mass is 9.90. The van der Waals surface area contributed by atoms with Gasteiger partial charge in [0.2, 0.25) is 0 Å². The Kier molecular flexibility index (Phi) is 4.17. The minimum absolute atomic E-state index is 0.405. The molecule has 19 heavy (non-hydrogen) atoms. The first-order valence-electron chi connectivity index (χ1n) is 8.24. The predicted octanol–water partition coefficient (Wildman–Crippen LogP) is 3.12. The minimum Gasteiger partial charge on any atom is -0.308 e. The van der Waals surface area contributed by atoms with Crippen LogP contribution in [0.25, 0.3) is 0 Å². The number of rotatable bonds is 4. The van der Waals surface area contributed by atoms with Gasteiger partial charge in [0.15, 0.2) is 0 Å². The number of thioether (sulfide) groups is 1. The maximum absolute atomic E-state index is 3.85. The number of hydrogen-bond acceptors (Lipinski definition) is 3. The third-order valence-corrected chi connectivity index (χ3v) is 6.82. The summed E-state index contributed by atoms with van der Waals surface area (Å²) in [6.45, 7) is 9.66. The molecule has 1 aliphatic heterocycles. The zero-order chi connectivity index (χ0) is 13.5. The van der Waals surface area contributed by atoms with Gasteiger partial charge in [-0.3, -0.25) is 4.90 Å². The molecule has 0 spiro atoms. The van der Waals surface area contributed by atoms with Crippen molar-refractivity contribution in [3.63, 3.8) is 0 Å². The highest BCUT2D eigenvalue weighted by Gasteiger charge is 2.47. The maximum Gasteiger partial charge on any atom is 0.0309 e. The van der Waals surface area contributed by atoms with Crippen LogP contribution in [0, 0.1) is 5.92 Å². The molecular weight excluding hydrogens is 252 g/mol. The molecule has 0 radical (unpaired) electrons. The molecule has 1 heterocycles.